The van der Waals surface area contributed by atoms with E-state index in [2.05, 4.69) is 6.92 Å². The molecule has 0 fully saturated rings. The topological polar surface area (TPSA) is 125 Å². The number of aliphatic hydroxyl groups is 1. The highest BCUT2D eigenvalue weighted by atomic mass is 19.4. The largest absolute Gasteiger partial charge is 0.465 e. The van der Waals surface area contributed by atoms with Crippen LogP contribution in [0, 0.1) is 10.8 Å². The number of carbonyl (C=O) groups is 4. The summed E-state index contributed by atoms with van der Waals surface area (Å²) >= 11 is 0. The number of halogens is 10. The van der Waals surface area contributed by atoms with Crippen LogP contribution in [-0.4, -0.2) is 86.2 Å². The zero-order chi connectivity index (χ0) is 45.1. The molecule has 0 heterocycles. The third-order valence-electron chi connectivity index (χ3n) is 9.40. The molecule has 58 heavy (non-hydrogen) atoms. The lowest BCUT2D eigenvalue weighted by Crippen LogP contribution is -2.43. The van der Waals surface area contributed by atoms with Crippen molar-refractivity contribution in [2.45, 2.75) is 181 Å². The average molecular weight is 867 g/mol. The Morgan fingerprint density at radius 2 is 0.638 bits per heavy atom. The Labute approximate surface area is 335 Å². The molecule has 0 aromatic heterocycles. The number of aliphatic hydroxyl groups excluding tert-OH is 1. The molecular weight excluding hydrogens is 802 g/mol. The minimum atomic E-state index is -5.70. The fourth-order valence-electron chi connectivity index (χ4n) is 6.09. The number of hydrogen-bond donors (Lipinski definition) is 1. The van der Waals surface area contributed by atoms with E-state index in [1.54, 1.807) is 0 Å². The third kappa shape index (κ3) is 19.9. The van der Waals surface area contributed by atoms with Gasteiger partial charge in [0.25, 0.3) is 0 Å². The minimum absolute atomic E-state index is 0.00557. The molecule has 0 unspecified atom stereocenters. The Morgan fingerprint density at radius 3 is 0.897 bits per heavy atom. The monoisotopic (exact) mass is 866 g/mol. The van der Waals surface area contributed by atoms with Gasteiger partial charge in [0.15, 0.2) is 10.8 Å². The van der Waals surface area contributed by atoms with Gasteiger partial charge in [-0.25, -0.2) is 0 Å². The molecule has 0 rings (SSSR count). The highest BCUT2D eigenvalue weighted by molar-refractivity contribution is 6.00. The molecule has 344 valence electrons. The maximum atomic E-state index is 13.3. The zero-order valence-electron chi connectivity index (χ0n) is 34.5. The van der Waals surface area contributed by atoms with E-state index in [4.69, 9.17) is 24.1 Å². The molecule has 0 saturated heterocycles. The van der Waals surface area contributed by atoms with Gasteiger partial charge in [-0.2, -0.15) is 43.9 Å². The van der Waals surface area contributed by atoms with Crippen LogP contribution in [0.3, 0.4) is 0 Å². The molecule has 1 N–H and O–H groups in total. The van der Waals surface area contributed by atoms with Gasteiger partial charge < -0.3 is 24.1 Å². The van der Waals surface area contributed by atoms with Crippen LogP contribution in [0.1, 0.15) is 157 Å². The fraction of sp³-hybridized carbons (Fsp3) is 0.897. The molecule has 0 radical (unpaired) electrons. The molecule has 9 nitrogen and oxygen atoms in total. The second-order valence-electron chi connectivity index (χ2n) is 13.9. The van der Waals surface area contributed by atoms with E-state index in [-0.39, 0.29) is 45.9 Å². The van der Waals surface area contributed by atoms with E-state index in [0.29, 0.717) is 38.5 Å². The lowest BCUT2D eigenvalue weighted by molar-refractivity contribution is -0.285. The van der Waals surface area contributed by atoms with E-state index in [0.717, 1.165) is 32.1 Å². The Bertz CT molecular complexity index is 1040. The van der Waals surface area contributed by atoms with Gasteiger partial charge in [-0.05, 0) is 72.6 Å². The van der Waals surface area contributed by atoms with Crippen LogP contribution in [0.4, 0.5) is 43.9 Å². The van der Waals surface area contributed by atoms with Gasteiger partial charge in [0.2, 0.25) is 0 Å². The number of esters is 4. The van der Waals surface area contributed by atoms with E-state index in [1.807, 2.05) is 0 Å². The maximum absolute atomic E-state index is 13.3. The molecule has 0 atom stereocenters. The predicted octanol–water partition coefficient (Wildman–Crippen LogP) is 11.0. The number of ether oxygens (including phenoxy) is 4. The molecule has 0 aliphatic rings. The molecule has 0 spiro atoms. The number of hydrogen-bond acceptors (Lipinski definition) is 9. The maximum Gasteiger partial charge on any atom is 0.453 e. The van der Waals surface area contributed by atoms with Crippen molar-refractivity contribution in [1.82, 2.24) is 0 Å². The first-order valence-corrected chi connectivity index (χ1v) is 20.2. The Kier molecular flexibility index (Phi) is 28.2. The van der Waals surface area contributed by atoms with Crippen molar-refractivity contribution < 1.29 is 87.1 Å². The zero-order valence-corrected chi connectivity index (χ0v) is 34.5. The van der Waals surface area contributed by atoms with Crippen molar-refractivity contribution in [3.8, 4) is 0 Å². The van der Waals surface area contributed by atoms with Crippen molar-refractivity contribution >= 4 is 23.9 Å². The third-order valence-corrected chi connectivity index (χ3v) is 9.40. The lowest BCUT2D eigenvalue weighted by Gasteiger charge is -2.30. The van der Waals surface area contributed by atoms with Gasteiger partial charge in [0, 0.05) is 19.4 Å². The van der Waals surface area contributed by atoms with E-state index < -0.39 is 97.4 Å². The second kappa shape index (κ2) is 28.6. The van der Waals surface area contributed by atoms with Crippen LogP contribution in [0.5, 0.6) is 0 Å². The number of rotatable bonds is 30. The summed E-state index contributed by atoms with van der Waals surface area (Å²) in [7, 11) is 0. The van der Waals surface area contributed by atoms with Crippen LogP contribution in [0.25, 0.3) is 0 Å². The smallest absolute Gasteiger partial charge is 0.453 e. The van der Waals surface area contributed by atoms with Crippen molar-refractivity contribution in [3.63, 3.8) is 0 Å². The van der Waals surface area contributed by atoms with Crippen molar-refractivity contribution in [1.29, 1.82) is 0 Å². The van der Waals surface area contributed by atoms with Gasteiger partial charge in [-0.15, -0.1) is 0 Å². The standard InChI is InChI=1S/C20H33F5O4.C19H31F5O5/c1-4-7-8-9-10-11-13-18(16(26)28-5-2,17(27)29-6-3)14-12-15-19(21,22)20(23,24)25;1-3-28-15(26)17(16(27)29-4-2,11-8-6-5-7-9-14-25)12-10-13-18(20,21)19(22,23)24/h4-15H2,1-3H3;25H,3-14H2,1-2H3. The van der Waals surface area contributed by atoms with Crippen LogP contribution in [-0.2, 0) is 38.1 Å². The first kappa shape index (κ1) is 57.2. The Hall–Kier alpha value is -2.86. The fourth-order valence-corrected chi connectivity index (χ4v) is 6.09. The van der Waals surface area contributed by atoms with E-state index >= 15 is 0 Å². The number of carbonyl (C=O) groups excluding carboxylic acids is 4. The first-order chi connectivity index (χ1) is 27.0. The van der Waals surface area contributed by atoms with Gasteiger partial charge in [0.1, 0.15) is 0 Å². The van der Waals surface area contributed by atoms with Gasteiger partial charge >= 0.3 is 48.1 Å². The summed E-state index contributed by atoms with van der Waals surface area (Å²) in [6.07, 6.45) is -8.74. The molecule has 19 heteroatoms. The summed E-state index contributed by atoms with van der Waals surface area (Å²) in [5.41, 5.74) is -3.77. The predicted molar refractivity (Wildman–Crippen MR) is 194 cm³/mol. The quantitative estimate of drug-likeness (QED) is 0.0247. The molecule has 0 aliphatic carbocycles. The van der Waals surface area contributed by atoms with Crippen molar-refractivity contribution in [2.24, 2.45) is 10.8 Å². The van der Waals surface area contributed by atoms with Gasteiger partial charge in [-0.1, -0.05) is 71.1 Å². The summed E-state index contributed by atoms with van der Waals surface area (Å²) in [6.45, 7) is 7.91. The number of alkyl halides is 10. The first-order valence-electron chi connectivity index (χ1n) is 20.2. The highest BCUT2D eigenvalue weighted by Crippen LogP contribution is 2.43. The van der Waals surface area contributed by atoms with Gasteiger partial charge in [-0.3, -0.25) is 19.2 Å². The van der Waals surface area contributed by atoms with Crippen LogP contribution < -0.4 is 0 Å². The Morgan fingerprint density at radius 1 is 0.379 bits per heavy atom. The summed E-state index contributed by atoms with van der Waals surface area (Å²) < 4.78 is 147. The van der Waals surface area contributed by atoms with Crippen LogP contribution >= 0.6 is 0 Å². The molecule has 0 aliphatic heterocycles. The normalized spacial score (nSPS) is 12.7. The molecule has 0 saturated carbocycles. The molecular formula is C39H64F10O9. The summed E-state index contributed by atoms with van der Waals surface area (Å²) in [5.74, 6) is -13.6. The van der Waals surface area contributed by atoms with Crippen molar-refractivity contribution in [3.05, 3.63) is 0 Å². The highest BCUT2D eigenvalue weighted by Gasteiger charge is 2.58. The Balaban J connectivity index is 0. The molecule has 0 aromatic rings. The lowest BCUT2D eigenvalue weighted by atomic mass is 9.77. The summed E-state index contributed by atoms with van der Waals surface area (Å²) in [4.78, 5) is 50.2. The minimum Gasteiger partial charge on any atom is -0.465 e. The van der Waals surface area contributed by atoms with E-state index in [9.17, 15) is 63.1 Å². The van der Waals surface area contributed by atoms with E-state index in [1.165, 1.54) is 27.7 Å². The second-order valence-corrected chi connectivity index (χ2v) is 13.9. The molecule has 0 bridgehead atoms. The van der Waals surface area contributed by atoms with Crippen molar-refractivity contribution in [2.75, 3.05) is 33.0 Å². The summed E-state index contributed by atoms with van der Waals surface area (Å²) in [6, 6.07) is 0. The molecule has 0 aromatic carbocycles. The van der Waals surface area contributed by atoms with Crippen LogP contribution in [0.15, 0.2) is 0 Å². The average Bonchev–Trinajstić information content (AvgIpc) is 3.12. The SMILES string of the molecule is CCCCCCCCC(CCCC(F)(F)C(F)(F)F)(C(=O)OCC)C(=O)OCC.CCOC(=O)C(CCCCCCCO)(CCCC(F)(F)C(F)(F)F)C(=O)OCC. The number of unbranched alkanes of at least 4 members (excludes halogenated alkanes) is 9. The summed E-state index contributed by atoms with van der Waals surface area (Å²) in [5, 5.41) is 8.77. The molecule has 0 amide bonds. The van der Waals surface area contributed by atoms with Crippen LogP contribution in [0.2, 0.25) is 0 Å². The van der Waals surface area contributed by atoms with Gasteiger partial charge in [0.05, 0.1) is 26.4 Å².